The van der Waals surface area contributed by atoms with Crippen LogP contribution in [-0.2, 0) is 9.53 Å². The number of nitrogens with one attached hydrogen (secondary N) is 1. The Morgan fingerprint density at radius 2 is 2.08 bits per heavy atom. The lowest BCUT2D eigenvalue weighted by atomic mass is 10.2. The first-order chi connectivity index (χ1) is 12.0. The molecule has 1 amide bonds. The minimum Gasteiger partial charge on any atom is -0.451 e. The number of carbonyl (C=O) groups is 2. The fourth-order valence-electron chi connectivity index (χ4n) is 2.35. The number of fused-ring (bicyclic) bond motifs is 1. The van der Waals surface area contributed by atoms with Crippen molar-refractivity contribution >= 4 is 50.7 Å². The van der Waals surface area contributed by atoms with Gasteiger partial charge in [-0.05, 0) is 19.9 Å². The van der Waals surface area contributed by atoms with Crippen molar-refractivity contribution in [3.63, 3.8) is 0 Å². The van der Waals surface area contributed by atoms with Gasteiger partial charge in [0.15, 0.2) is 6.61 Å². The van der Waals surface area contributed by atoms with Gasteiger partial charge in [-0.15, -0.1) is 11.3 Å². The minimum atomic E-state index is -0.612. The van der Waals surface area contributed by atoms with Gasteiger partial charge in [-0.1, -0.05) is 29.8 Å². The van der Waals surface area contributed by atoms with Crippen molar-refractivity contribution in [1.29, 1.82) is 0 Å². The lowest BCUT2D eigenvalue weighted by Crippen LogP contribution is -2.22. The Morgan fingerprint density at radius 1 is 1.32 bits per heavy atom. The number of halogens is 1. The molecule has 2 aromatic heterocycles. The summed E-state index contributed by atoms with van der Waals surface area (Å²) in [6.45, 7) is 3.50. The van der Waals surface area contributed by atoms with E-state index in [0.29, 0.717) is 15.7 Å². The monoisotopic (exact) mass is 377 g/mol. The summed E-state index contributed by atoms with van der Waals surface area (Å²) in [6.07, 6.45) is 1.60. The van der Waals surface area contributed by atoms with E-state index in [1.54, 1.807) is 16.9 Å². The molecule has 130 valence electrons. The van der Waals surface area contributed by atoms with Crippen LogP contribution in [0.1, 0.15) is 29.6 Å². The maximum atomic E-state index is 12.2. The van der Waals surface area contributed by atoms with Crippen LogP contribution in [0.3, 0.4) is 0 Å². The highest BCUT2D eigenvalue weighted by Crippen LogP contribution is 2.35. The molecule has 0 bridgehead atoms. The van der Waals surface area contributed by atoms with E-state index in [1.165, 1.54) is 11.3 Å². The number of benzene rings is 1. The van der Waals surface area contributed by atoms with Crippen LogP contribution in [0.4, 0.5) is 5.82 Å². The number of nitrogens with zero attached hydrogens (tertiary/aromatic N) is 2. The zero-order valence-corrected chi connectivity index (χ0v) is 15.2. The molecule has 3 rings (SSSR count). The number of esters is 1. The van der Waals surface area contributed by atoms with E-state index in [4.69, 9.17) is 16.3 Å². The molecule has 0 fully saturated rings. The van der Waals surface area contributed by atoms with Gasteiger partial charge in [-0.25, -0.2) is 9.48 Å². The predicted octanol–water partition coefficient (Wildman–Crippen LogP) is 4.13. The van der Waals surface area contributed by atoms with Crippen molar-refractivity contribution < 1.29 is 14.3 Å². The number of hydrogen-bond donors (Lipinski definition) is 1. The Bertz CT molecular complexity index is 932. The number of anilines is 1. The fraction of sp³-hybridized carbons (Fsp3) is 0.235. The fourth-order valence-corrected chi connectivity index (χ4v) is 3.75. The number of carbonyl (C=O) groups excluding carboxylic acids is 2. The molecule has 8 heteroatoms. The summed E-state index contributed by atoms with van der Waals surface area (Å²) >= 11 is 7.48. The molecule has 1 N–H and O–H groups in total. The molecule has 0 aliphatic carbocycles. The Kier molecular flexibility index (Phi) is 5.06. The first kappa shape index (κ1) is 17.4. The van der Waals surface area contributed by atoms with Gasteiger partial charge < -0.3 is 10.1 Å². The maximum Gasteiger partial charge on any atom is 0.350 e. The van der Waals surface area contributed by atoms with Crippen molar-refractivity contribution in [3.05, 3.63) is 46.4 Å². The van der Waals surface area contributed by atoms with Gasteiger partial charge in [0, 0.05) is 22.2 Å². The normalized spacial score (nSPS) is 11.0. The van der Waals surface area contributed by atoms with E-state index < -0.39 is 18.5 Å². The summed E-state index contributed by atoms with van der Waals surface area (Å²) in [5, 5.41) is 7.95. The van der Waals surface area contributed by atoms with Crippen molar-refractivity contribution in [2.24, 2.45) is 0 Å². The SMILES string of the molecule is CC(C)n1nccc1NC(=O)COC(=O)c1sc2ccccc2c1Cl. The molecule has 0 aliphatic heterocycles. The first-order valence-electron chi connectivity index (χ1n) is 7.65. The first-order valence-corrected chi connectivity index (χ1v) is 8.84. The van der Waals surface area contributed by atoms with Crippen LogP contribution in [0.5, 0.6) is 0 Å². The average Bonchev–Trinajstić information content (AvgIpc) is 3.18. The zero-order valence-electron chi connectivity index (χ0n) is 13.7. The quantitative estimate of drug-likeness (QED) is 0.678. The van der Waals surface area contributed by atoms with E-state index in [0.717, 1.165) is 10.1 Å². The van der Waals surface area contributed by atoms with Gasteiger partial charge in [0.1, 0.15) is 10.7 Å². The van der Waals surface area contributed by atoms with Gasteiger partial charge in [0.05, 0.1) is 11.2 Å². The zero-order chi connectivity index (χ0) is 18.0. The Balaban J connectivity index is 1.64. The number of thiophene rings is 1. The highest BCUT2D eigenvalue weighted by Gasteiger charge is 2.19. The topological polar surface area (TPSA) is 73.2 Å². The Labute approximate surface area is 153 Å². The molecule has 0 saturated carbocycles. The van der Waals surface area contributed by atoms with Crippen LogP contribution in [0.15, 0.2) is 36.5 Å². The Morgan fingerprint density at radius 3 is 2.80 bits per heavy atom. The number of rotatable bonds is 5. The van der Waals surface area contributed by atoms with Crippen LogP contribution in [-0.4, -0.2) is 28.3 Å². The van der Waals surface area contributed by atoms with Crippen LogP contribution in [0, 0.1) is 0 Å². The minimum absolute atomic E-state index is 0.102. The molecule has 0 aliphatic rings. The highest BCUT2D eigenvalue weighted by molar-refractivity contribution is 7.21. The highest BCUT2D eigenvalue weighted by atomic mass is 35.5. The van der Waals surface area contributed by atoms with E-state index in [-0.39, 0.29) is 6.04 Å². The van der Waals surface area contributed by atoms with Crippen molar-refractivity contribution in [1.82, 2.24) is 9.78 Å². The summed E-state index contributed by atoms with van der Waals surface area (Å²) in [4.78, 5) is 24.5. The van der Waals surface area contributed by atoms with Crippen LogP contribution in [0.25, 0.3) is 10.1 Å². The molecule has 0 unspecified atom stereocenters. The van der Waals surface area contributed by atoms with Crippen molar-refractivity contribution in [2.75, 3.05) is 11.9 Å². The molecule has 0 radical (unpaired) electrons. The molecule has 0 atom stereocenters. The summed E-state index contributed by atoms with van der Waals surface area (Å²) in [6, 6.07) is 9.22. The second-order valence-electron chi connectivity index (χ2n) is 5.62. The van der Waals surface area contributed by atoms with Gasteiger partial charge in [0.25, 0.3) is 5.91 Å². The van der Waals surface area contributed by atoms with Crippen LogP contribution < -0.4 is 5.32 Å². The van der Waals surface area contributed by atoms with E-state index in [2.05, 4.69) is 10.4 Å². The third-order valence-electron chi connectivity index (χ3n) is 3.48. The lowest BCUT2D eigenvalue weighted by Gasteiger charge is -2.11. The number of hydrogen-bond acceptors (Lipinski definition) is 5. The molecule has 1 aromatic carbocycles. The van der Waals surface area contributed by atoms with E-state index in [9.17, 15) is 9.59 Å². The molecule has 25 heavy (non-hydrogen) atoms. The summed E-state index contributed by atoms with van der Waals surface area (Å²) < 4.78 is 7.66. The lowest BCUT2D eigenvalue weighted by molar-refractivity contribution is -0.119. The molecule has 6 nitrogen and oxygen atoms in total. The van der Waals surface area contributed by atoms with Gasteiger partial charge in [-0.3, -0.25) is 4.79 Å². The molecular formula is C17H16ClN3O3S. The predicted molar refractivity (Wildman–Crippen MR) is 98.4 cm³/mol. The maximum absolute atomic E-state index is 12.2. The average molecular weight is 378 g/mol. The third-order valence-corrected chi connectivity index (χ3v) is 5.14. The van der Waals surface area contributed by atoms with E-state index >= 15 is 0 Å². The van der Waals surface area contributed by atoms with Crippen LogP contribution in [0.2, 0.25) is 5.02 Å². The standard InChI is InChI=1S/C17H16ClN3O3S/c1-10(2)21-13(7-8-19-21)20-14(22)9-24-17(23)16-15(18)11-5-3-4-6-12(11)25-16/h3-8,10H,9H2,1-2H3,(H,20,22). The molecular weight excluding hydrogens is 362 g/mol. The van der Waals surface area contributed by atoms with E-state index in [1.807, 2.05) is 38.1 Å². The van der Waals surface area contributed by atoms with Crippen molar-refractivity contribution in [3.8, 4) is 0 Å². The van der Waals surface area contributed by atoms with Crippen molar-refractivity contribution in [2.45, 2.75) is 19.9 Å². The summed E-state index contributed by atoms with van der Waals surface area (Å²) in [5.41, 5.74) is 0. The number of amides is 1. The number of ether oxygens (including phenoxy) is 1. The molecule has 0 saturated heterocycles. The van der Waals surface area contributed by atoms with Gasteiger partial charge in [0.2, 0.25) is 0 Å². The second kappa shape index (κ2) is 7.25. The molecule has 3 aromatic rings. The van der Waals surface area contributed by atoms with Gasteiger partial charge in [-0.2, -0.15) is 5.10 Å². The van der Waals surface area contributed by atoms with Gasteiger partial charge >= 0.3 is 5.97 Å². The summed E-state index contributed by atoms with van der Waals surface area (Å²) in [5.74, 6) is -0.498. The smallest absolute Gasteiger partial charge is 0.350 e. The second-order valence-corrected chi connectivity index (χ2v) is 7.05. The summed E-state index contributed by atoms with van der Waals surface area (Å²) in [7, 11) is 0. The largest absolute Gasteiger partial charge is 0.451 e. The third kappa shape index (κ3) is 3.67. The number of aromatic nitrogens is 2. The molecule has 2 heterocycles. The van der Waals surface area contributed by atoms with Crippen LogP contribution >= 0.6 is 22.9 Å². The molecule has 0 spiro atoms. The Hall–Kier alpha value is -2.38.